The van der Waals surface area contributed by atoms with Crippen molar-refractivity contribution >= 4 is 46.3 Å². The van der Waals surface area contributed by atoms with E-state index in [2.05, 4.69) is 10.2 Å². The van der Waals surface area contributed by atoms with Crippen LogP contribution in [0, 0.1) is 0 Å². The van der Waals surface area contributed by atoms with Gasteiger partial charge in [-0.15, -0.1) is 5.10 Å². The van der Waals surface area contributed by atoms with Crippen LogP contribution in [0.1, 0.15) is 16.7 Å². The molecule has 0 radical (unpaired) electrons. The maximum atomic E-state index is 6.11. The van der Waals surface area contributed by atoms with Crippen LogP contribution in [0.15, 0.2) is 83.0 Å². The van der Waals surface area contributed by atoms with Crippen molar-refractivity contribution in [3.05, 3.63) is 99.5 Å². The van der Waals surface area contributed by atoms with E-state index >= 15 is 0 Å². The molecule has 4 nitrogen and oxygen atoms in total. The predicted molar refractivity (Wildman–Crippen MR) is 124 cm³/mol. The van der Waals surface area contributed by atoms with Crippen LogP contribution in [0.2, 0.25) is 10.0 Å². The zero-order valence-corrected chi connectivity index (χ0v) is 17.8. The first kappa shape index (κ1) is 21.2. The molecular weight excluding hydrogens is 425 g/mol. The number of halogens is 2. The van der Waals surface area contributed by atoms with E-state index in [4.69, 9.17) is 33.7 Å². The highest BCUT2D eigenvalue weighted by atomic mass is 35.5. The van der Waals surface area contributed by atoms with Crippen molar-refractivity contribution < 1.29 is 4.74 Å². The number of nitrogens with two attached hydrogens (primary N) is 1. The van der Waals surface area contributed by atoms with Crippen LogP contribution >= 0.6 is 35.0 Å². The molecule has 7 heteroatoms. The Balaban J connectivity index is 1.62. The topological polar surface area (TPSA) is 60.0 Å². The molecule has 3 rings (SSSR count). The lowest BCUT2D eigenvalue weighted by Gasteiger charge is -2.09. The van der Waals surface area contributed by atoms with E-state index in [0.29, 0.717) is 27.6 Å². The number of thioether (sulfide) groups is 1. The summed E-state index contributed by atoms with van der Waals surface area (Å²) in [6.45, 7) is 0.401. The highest BCUT2D eigenvalue weighted by Gasteiger charge is 2.04. The minimum atomic E-state index is 0.385. The molecular formula is C22H19Cl2N3OS. The summed E-state index contributed by atoms with van der Waals surface area (Å²) < 4.78 is 5.90. The molecule has 0 aliphatic carbocycles. The summed E-state index contributed by atoms with van der Waals surface area (Å²) in [5.74, 6) is 1.39. The van der Waals surface area contributed by atoms with Gasteiger partial charge in [-0.2, -0.15) is 5.10 Å². The Morgan fingerprint density at radius 2 is 1.66 bits per heavy atom. The van der Waals surface area contributed by atoms with Crippen molar-refractivity contribution in [2.45, 2.75) is 12.4 Å². The lowest BCUT2D eigenvalue weighted by Crippen LogP contribution is -2.06. The number of ether oxygens (including phenoxy) is 1. The van der Waals surface area contributed by atoms with Crippen LogP contribution < -0.4 is 10.5 Å². The standard InChI is InChI=1S/C22H19Cl2N3OS/c23-19-8-6-16(7-9-19)14-28-21-11-10-20(24)12-18(21)13-26-27-22(25)29-15-17-4-2-1-3-5-17/h1-13H,14-15H2,(H2,25,27). The number of hydrogen-bond acceptors (Lipinski definition) is 4. The minimum absolute atomic E-state index is 0.385. The molecule has 0 atom stereocenters. The molecule has 0 aromatic heterocycles. The van der Waals surface area contributed by atoms with Crippen LogP contribution in [0.25, 0.3) is 0 Å². The van der Waals surface area contributed by atoms with Gasteiger partial charge in [-0.25, -0.2) is 0 Å². The Hall–Kier alpha value is -2.47. The minimum Gasteiger partial charge on any atom is -0.488 e. The molecule has 0 unspecified atom stereocenters. The van der Waals surface area contributed by atoms with Gasteiger partial charge in [0.15, 0.2) is 5.17 Å². The summed E-state index contributed by atoms with van der Waals surface area (Å²) in [6.07, 6.45) is 1.58. The first-order chi connectivity index (χ1) is 14.1. The normalized spacial score (nSPS) is 11.7. The highest BCUT2D eigenvalue weighted by molar-refractivity contribution is 8.13. The molecule has 0 saturated carbocycles. The van der Waals surface area contributed by atoms with Gasteiger partial charge >= 0.3 is 0 Å². The van der Waals surface area contributed by atoms with Crippen LogP contribution in [0.5, 0.6) is 5.75 Å². The van der Waals surface area contributed by atoms with Gasteiger partial charge in [-0.05, 0) is 41.5 Å². The molecule has 0 aliphatic rings. The summed E-state index contributed by atoms with van der Waals surface area (Å²) in [7, 11) is 0. The quantitative estimate of drug-likeness (QED) is 0.270. The Kier molecular flexibility index (Phi) is 7.99. The van der Waals surface area contributed by atoms with E-state index in [9.17, 15) is 0 Å². The molecule has 148 valence electrons. The molecule has 0 aliphatic heterocycles. The lowest BCUT2D eigenvalue weighted by molar-refractivity contribution is 0.306. The maximum absolute atomic E-state index is 6.11. The van der Waals surface area contributed by atoms with Gasteiger partial charge in [0.05, 0.1) is 6.21 Å². The van der Waals surface area contributed by atoms with Crippen LogP contribution in [-0.2, 0) is 12.4 Å². The summed E-state index contributed by atoms with van der Waals surface area (Å²) in [5.41, 5.74) is 8.83. The zero-order chi connectivity index (χ0) is 20.5. The molecule has 3 aromatic rings. The predicted octanol–water partition coefficient (Wildman–Crippen LogP) is 6.15. The fourth-order valence-corrected chi connectivity index (χ4v) is 3.32. The Morgan fingerprint density at radius 3 is 2.41 bits per heavy atom. The van der Waals surface area contributed by atoms with Gasteiger partial charge in [0.25, 0.3) is 0 Å². The molecule has 3 aromatic carbocycles. The fourth-order valence-electron chi connectivity index (χ4n) is 2.40. The molecule has 0 amide bonds. The third-order valence-corrected chi connectivity index (χ3v) is 5.20. The van der Waals surface area contributed by atoms with E-state index < -0.39 is 0 Å². The van der Waals surface area contributed by atoms with Crippen LogP contribution in [-0.4, -0.2) is 11.4 Å². The van der Waals surface area contributed by atoms with Crippen molar-refractivity contribution in [2.24, 2.45) is 15.9 Å². The number of nitrogens with zero attached hydrogens (tertiary/aromatic N) is 2. The van der Waals surface area contributed by atoms with Gasteiger partial charge in [0.2, 0.25) is 0 Å². The third kappa shape index (κ3) is 7.13. The van der Waals surface area contributed by atoms with E-state index in [1.807, 2.05) is 54.6 Å². The molecule has 0 heterocycles. The average Bonchev–Trinajstić information content (AvgIpc) is 2.73. The lowest BCUT2D eigenvalue weighted by atomic mass is 10.2. The summed E-state index contributed by atoms with van der Waals surface area (Å²) in [4.78, 5) is 0. The van der Waals surface area contributed by atoms with E-state index in [1.54, 1.807) is 24.4 Å². The SMILES string of the molecule is NC(=NN=Cc1cc(Cl)ccc1OCc1ccc(Cl)cc1)SCc1ccccc1. The second-order valence-corrected chi connectivity index (χ2v) is 7.92. The van der Waals surface area contributed by atoms with E-state index in [1.165, 1.54) is 17.3 Å². The Morgan fingerprint density at radius 1 is 0.931 bits per heavy atom. The summed E-state index contributed by atoms with van der Waals surface area (Å²) in [5, 5.41) is 9.79. The van der Waals surface area contributed by atoms with Gasteiger partial charge in [0, 0.05) is 21.4 Å². The summed E-state index contributed by atoms with van der Waals surface area (Å²) >= 11 is 13.5. The van der Waals surface area contributed by atoms with Crippen LogP contribution in [0.4, 0.5) is 0 Å². The average molecular weight is 444 g/mol. The largest absolute Gasteiger partial charge is 0.488 e. The zero-order valence-electron chi connectivity index (χ0n) is 15.5. The van der Waals surface area contributed by atoms with Crippen molar-refractivity contribution in [1.82, 2.24) is 0 Å². The Labute approximate surface area is 184 Å². The molecule has 2 N–H and O–H groups in total. The van der Waals surface area contributed by atoms with Gasteiger partial charge in [-0.3, -0.25) is 0 Å². The maximum Gasteiger partial charge on any atom is 0.180 e. The second-order valence-electron chi connectivity index (χ2n) is 6.05. The molecule has 0 bridgehead atoms. The van der Waals surface area contributed by atoms with E-state index in [-0.39, 0.29) is 0 Å². The molecule has 0 spiro atoms. The second kappa shape index (κ2) is 10.9. The number of rotatable bonds is 7. The third-order valence-electron chi connectivity index (χ3n) is 3.86. The summed E-state index contributed by atoms with van der Waals surface area (Å²) in [6, 6.07) is 22.9. The highest BCUT2D eigenvalue weighted by Crippen LogP contribution is 2.23. The number of benzene rings is 3. The number of amidine groups is 1. The van der Waals surface area contributed by atoms with Crippen molar-refractivity contribution in [1.29, 1.82) is 0 Å². The van der Waals surface area contributed by atoms with Gasteiger partial charge in [-0.1, -0.05) is 77.4 Å². The van der Waals surface area contributed by atoms with Crippen LogP contribution in [0.3, 0.4) is 0 Å². The van der Waals surface area contributed by atoms with E-state index in [0.717, 1.165) is 16.9 Å². The van der Waals surface area contributed by atoms with Gasteiger partial charge in [0.1, 0.15) is 12.4 Å². The Bertz CT molecular complexity index is 993. The molecule has 0 fully saturated rings. The monoisotopic (exact) mass is 443 g/mol. The van der Waals surface area contributed by atoms with Crippen molar-refractivity contribution in [2.75, 3.05) is 0 Å². The molecule has 0 saturated heterocycles. The fraction of sp³-hybridized carbons (Fsp3) is 0.0909. The van der Waals surface area contributed by atoms with Crippen molar-refractivity contribution in [3.63, 3.8) is 0 Å². The number of hydrogen-bond donors (Lipinski definition) is 1. The smallest absolute Gasteiger partial charge is 0.180 e. The first-order valence-electron chi connectivity index (χ1n) is 8.80. The van der Waals surface area contributed by atoms with Crippen molar-refractivity contribution in [3.8, 4) is 5.75 Å². The van der Waals surface area contributed by atoms with Gasteiger partial charge < -0.3 is 10.5 Å². The molecule has 29 heavy (non-hydrogen) atoms. The first-order valence-corrected chi connectivity index (χ1v) is 10.5.